The van der Waals surface area contributed by atoms with Gasteiger partial charge in [-0.15, -0.1) is 0 Å². The Morgan fingerprint density at radius 3 is 2.67 bits per heavy atom. The number of hydrogen-bond donors (Lipinski definition) is 1. The van der Waals surface area contributed by atoms with E-state index >= 15 is 0 Å². The fourth-order valence-corrected chi connectivity index (χ4v) is 3.00. The summed E-state index contributed by atoms with van der Waals surface area (Å²) in [5.41, 5.74) is 2.54. The third kappa shape index (κ3) is 4.08. The molecular weight excluding hydrogens is 350 g/mol. The molecule has 2 nitrogen and oxygen atoms in total. The fraction of sp³-hybridized carbons (Fsp3) is 0.235. The SMILES string of the molecule is CCC(C)c1ccccc1NC(=O)c1cc(Cl)cc(Br)c1. The van der Waals surface area contributed by atoms with Gasteiger partial charge in [-0.2, -0.15) is 0 Å². The van der Waals surface area contributed by atoms with Crippen molar-refractivity contribution in [1.29, 1.82) is 0 Å². The maximum absolute atomic E-state index is 12.4. The van der Waals surface area contributed by atoms with Gasteiger partial charge < -0.3 is 5.32 Å². The van der Waals surface area contributed by atoms with Gasteiger partial charge in [0.1, 0.15) is 0 Å². The smallest absolute Gasteiger partial charge is 0.255 e. The van der Waals surface area contributed by atoms with Gasteiger partial charge >= 0.3 is 0 Å². The molecule has 2 aromatic rings. The first-order chi connectivity index (χ1) is 10.0. The lowest BCUT2D eigenvalue weighted by atomic mass is 9.97. The maximum Gasteiger partial charge on any atom is 0.255 e. The van der Waals surface area contributed by atoms with Gasteiger partial charge in [0.2, 0.25) is 0 Å². The van der Waals surface area contributed by atoms with Crippen LogP contribution in [0, 0.1) is 0 Å². The highest BCUT2D eigenvalue weighted by atomic mass is 79.9. The van der Waals surface area contributed by atoms with Crippen molar-refractivity contribution in [2.75, 3.05) is 5.32 Å². The lowest BCUT2D eigenvalue weighted by Crippen LogP contribution is -2.14. The standard InChI is InChI=1S/C17H17BrClNO/c1-3-11(2)15-6-4-5-7-16(15)20-17(21)12-8-13(18)10-14(19)9-12/h4-11H,3H2,1-2H3,(H,20,21). The number of carbonyl (C=O) groups is 1. The van der Waals surface area contributed by atoms with Crippen molar-refractivity contribution in [3.63, 3.8) is 0 Å². The van der Waals surface area contributed by atoms with E-state index in [0.717, 1.165) is 22.1 Å². The van der Waals surface area contributed by atoms with Gasteiger partial charge in [-0.05, 0) is 42.2 Å². The van der Waals surface area contributed by atoms with Gasteiger partial charge in [0.15, 0.2) is 0 Å². The molecule has 0 spiro atoms. The molecule has 1 amide bonds. The number of hydrogen-bond acceptors (Lipinski definition) is 1. The molecule has 0 radical (unpaired) electrons. The highest BCUT2D eigenvalue weighted by molar-refractivity contribution is 9.10. The number of rotatable bonds is 4. The Hall–Kier alpha value is -1.32. The van der Waals surface area contributed by atoms with Gasteiger partial charge in [0, 0.05) is 20.7 Å². The Labute approximate surface area is 138 Å². The first-order valence-corrected chi connectivity index (χ1v) is 8.04. The second-order valence-electron chi connectivity index (χ2n) is 5.01. The molecule has 1 N–H and O–H groups in total. The Balaban J connectivity index is 2.27. The van der Waals surface area contributed by atoms with Crippen LogP contribution < -0.4 is 5.32 Å². The van der Waals surface area contributed by atoms with Crippen LogP contribution in [0.4, 0.5) is 5.69 Å². The minimum atomic E-state index is -0.158. The summed E-state index contributed by atoms with van der Waals surface area (Å²) in [6, 6.07) is 13.1. The molecule has 0 saturated heterocycles. The molecule has 0 aliphatic rings. The van der Waals surface area contributed by atoms with Gasteiger partial charge in [0.25, 0.3) is 5.91 Å². The summed E-state index contributed by atoms with van der Waals surface area (Å²) < 4.78 is 0.787. The minimum Gasteiger partial charge on any atom is -0.322 e. The third-order valence-corrected chi connectivity index (χ3v) is 4.15. The Kier molecular flexibility index (Phi) is 5.43. The van der Waals surface area contributed by atoms with E-state index in [1.54, 1.807) is 18.2 Å². The van der Waals surface area contributed by atoms with E-state index in [1.165, 1.54) is 0 Å². The second-order valence-corrected chi connectivity index (χ2v) is 6.36. The molecule has 1 atom stereocenters. The number of carbonyl (C=O) groups excluding carboxylic acids is 1. The predicted molar refractivity (Wildman–Crippen MR) is 92.3 cm³/mol. The van der Waals surface area contributed by atoms with Crippen LogP contribution in [0.15, 0.2) is 46.9 Å². The number of amides is 1. The summed E-state index contributed by atoms with van der Waals surface area (Å²) in [5, 5.41) is 3.51. The van der Waals surface area contributed by atoms with Crippen molar-refractivity contribution in [3.05, 3.63) is 63.1 Å². The highest BCUT2D eigenvalue weighted by Gasteiger charge is 2.13. The van der Waals surface area contributed by atoms with Crippen LogP contribution in [0.5, 0.6) is 0 Å². The molecule has 110 valence electrons. The molecular formula is C17H17BrClNO. The lowest BCUT2D eigenvalue weighted by molar-refractivity contribution is 0.102. The van der Waals surface area contributed by atoms with Gasteiger partial charge in [-0.3, -0.25) is 4.79 Å². The van der Waals surface area contributed by atoms with E-state index in [9.17, 15) is 4.79 Å². The summed E-state index contributed by atoms with van der Waals surface area (Å²) in [4.78, 5) is 12.4. The van der Waals surface area contributed by atoms with Crippen molar-refractivity contribution in [1.82, 2.24) is 0 Å². The Morgan fingerprint density at radius 2 is 2.00 bits per heavy atom. The predicted octanol–water partition coefficient (Wildman–Crippen LogP) is 5.87. The summed E-state index contributed by atoms with van der Waals surface area (Å²) in [5.74, 6) is 0.238. The maximum atomic E-state index is 12.4. The zero-order valence-corrected chi connectivity index (χ0v) is 14.3. The lowest BCUT2D eigenvalue weighted by Gasteiger charge is -2.15. The van der Waals surface area contributed by atoms with Gasteiger partial charge in [-0.25, -0.2) is 0 Å². The quantitative estimate of drug-likeness (QED) is 0.720. The molecule has 1 unspecified atom stereocenters. The van der Waals surface area contributed by atoms with Crippen LogP contribution in [-0.2, 0) is 0 Å². The van der Waals surface area contributed by atoms with Crippen LogP contribution in [0.1, 0.15) is 42.1 Å². The van der Waals surface area contributed by atoms with E-state index < -0.39 is 0 Å². The van der Waals surface area contributed by atoms with Gasteiger partial charge in [-0.1, -0.05) is 59.6 Å². The molecule has 0 heterocycles. The van der Waals surface area contributed by atoms with Crippen LogP contribution in [0.2, 0.25) is 5.02 Å². The average molecular weight is 367 g/mol. The van der Waals surface area contributed by atoms with Crippen molar-refractivity contribution in [3.8, 4) is 0 Å². The van der Waals surface area contributed by atoms with E-state index in [4.69, 9.17) is 11.6 Å². The summed E-state index contributed by atoms with van der Waals surface area (Å²) >= 11 is 9.34. The normalized spacial score (nSPS) is 12.0. The largest absolute Gasteiger partial charge is 0.322 e. The second kappa shape index (κ2) is 7.10. The Bertz CT molecular complexity index is 637. The first kappa shape index (κ1) is 16.1. The van der Waals surface area contributed by atoms with Crippen molar-refractivity contribution >= 4 is 39.1 Å². The van der Waals surface area contributed by atoms with Crippen molar-refractivity contribution < 1.29 is 4.79 Å². The molecule has 0 fully saturated rings. The molecule has 0 aliphatic carbocycles. The van der Waals surface area contributed by atoms with Crippen LogP contribution in [0.25, 0.3) is 0 Å². The minimum absolute atomic E-state index is 0.158. The molecule has 0 aliphatic heterocycles. The zero-order valence-electron chi connectivity index (χ0n) is 12.0. The molecule has 4 heteroatoms. The molecule has 0 bridgehead atoms. The van der Waals surface area contributed by atoms with Crippen LogP contribution in [0.3, 0.4) is 0 Å². The highest BCUT2D eigenvalue weighted by Crippen LogP contribution is 2.27. The third-order valence-electron chi connectivity index (χ3n) is 3.48. The van der Waals surface area contributed by atoms with Crippen LogP contribution >= 0.6 is 27.5 Å². The van der Waals surface area contributed by atoms with Crippen LogP contribution in [-0.4, -0.2) is 5.91 Å². The average Bonchev–Trinajstić information content (AvgIpc) is 2.46. The number of nitrogens with one attached hydrogen (secondary N) is 1. The van der Waals surface area contributed by atoms with E-state index in [2.05, 4.69) is 41.2 Å². The summed E-state index contributed by atoms with van der Waals surface area (Å²) in [6.07, 6.45) is 1.02. The molecule has 0 saturated carbocycles. The first-order valence-electron chi connectivity index (χ1n) is 6.87. The fourth-order valence-electron chi connectivity index (χ4n) is 2.14. The summed E-state index contributed by atoms with van der Waals surface area (Å²) in [7, 11) is 0. The van der Waals surface area contributed by atoms with Gasteiger partial charge in [0.05, 0.1) is 0 Å². The molecule has 0 aromatic heterocycles. The zero-order chi connectivity index (χ0) is 15.4. The van der Waals surface area contributed by atoms with Crippen molar-refractivity contribution in [2.45, 2.75) is 26.2 Å². The summed E-state index contributed by atoms with van der Waals surface area (Å²) in [6.45, 7) is 4.29. The molecule has 21 heavy (non-hydrogen) atoms. The number of para-hydroxylation sites is 1. The topological polar surface area (TPSA) is 29.1 Å². The monoisotopic (exact) mass is 365 g/mol. The Morgan fingerprint density at radius 1 is 1.29 bits per heavy atom. The molecule has 2 rings (SSSR count). The molecule has 2 aromatic carbocycles. The van der Waals surface area contributed by atoms with E-state index in [-0.39, 0.29) is 5.91 Å². The van der Waals surface area contributed by atoms with E-state index in [0.29, 0.717) is 16.5 Å². The number of anilines is 1. The number of benzene rings is 2. The van der Waals surface area contributed by atoms with E-state index in [1.807, 2.05) is 18.2 Å². The van der Waals surface area contributed by atoms with Crippen molar-refractivity contribution in [2.24, 2.45) is 0 Å². The number of halogens is 2.